The Morgan fingerprint density at radius 1 is 1.38 bits per heavy atom. The van der Waals surface area contributed by atoms with E-state index in [1.165, 1.54) is 4.88 Å². The van der Waals surface area contributed by atoms with Crippen molar-refractivity contribution in [1.82, 2.24) is 4.90 Å². The van der Waals surface area contributed by atoms with Crippen molar-refractivity contribution in [1.29, 1.82) is 0 Å². The first-order chi connectivity index (χ1) is 7.63. The number of nitrogens with two attached hydrogens (primary N) is 1. The molecule has 0 bridgehead atoms. The molecule has 2 N–H and O–H groups in total. The van der Waals surface area contributed by atoms with Gasteiger partial charge in [0.1, 0.15) is 0 Å². The highest BCUT2D eigenvalue weighted by Gasteiger charge is 2.25. The number of nitrogens with zero attached hydrogens (tertiary/aromatic N) is 1. The number of hydrogen-bond acceptors (Lipinski definition) is 3. The largest absolute Gasteiger partial charge is 0.330 e. The zero-order chi connectivity index (χ0) is 12.0. The summed E-state index contributed by atoms with van der Waals surface area (Å²) < 4.78 is 0. The summed E-state index contributed by atoms with van der Waals surface area (Å²) in [4.78, 5) is 3.90. The number of hydrogen-bond donors (Lipinski definition) is 1. The molecule has 0 saturated carbocycles. The summed E-state index contributed by atoms with van der Waals surface area (Å²) in [7, 11) is 0. The van der Waals surface area contributed by atoms with E-state index in [1.807, 2.05) is 11.3 Å². The van der Waals surface area contributed by atoms with Gasteiger partial charge in [0, 0.05) is 11.4 Å². The van der Waals surface area contributed by atoms with Crippen molar-refractivity contribution in [3.05, 3.63) is 22.4 Å². The molecule has 0 radical (unpaired) electrons. The molecule has 0 spiro atoms. The molecule has 0 amide bonds. The molecule has 2 nitrogen and oxygen atoms in total. The lowest BCUT2D eigenvalue weighted by Gasteiger charge is -2.33. The van der Waals surface area contributed by atoms with Gasteiger partial charge in [0.15, 0.2) is 0 Å². The number of thiophene rings is 1. The topological polar surface area (TPSA) is 29.3 Å². The van der Waals surface area contributed by atoms with Gasteiger partial charge in [-0.1, -0.05) is 26.8 Å². The molecule has 0 aromatic carbocycles. The Morgan fingerprint density at radius 3 is 2.50 bits per heavy atom. The lowest BCUT2D eigenvalue weighted by atomic mass is 9.85. The molecule has 0 fully saturated rings. The predicted molar refractivity (Wildman–Crippen MR) is 73.0 cm³/mol. The summed E-state index contributed by atoms with van der Waals surface area (Å²) in [6.45, 7) is 10.8. The van der Waals surface area contributed by atoms with Crippen LogP contribution in [0, 0.1) is 5.41 Å². The van der Waals surface area contributed by atoms with Crippen molar-refractivity contribution in [2.45, 2.75) is 27.2 Å². The fraction of sp³-hybridized carbons (Fsp3) is 0.692. The van der Waals surface area contributed by atoms with E-state index in [0.29, 0.717) is 0 Å². The summed E-state index contributed by atoms with van der Waals surface area (Å²) in [6.07, 6.45) is 1.09. The molecule has 92 valence electrons. The minimum atomic E-state index is 0.205. The summed E-state index contributed by atoms with van der Waals surface area (Å²) in [6, 6.07) is 4.33. The highest BCUT2D eigenvalue weighted by Crippen LogP contribution is 2.25. The molecule has 0 saturated heterocycles. The van der Waals surface area contributed by atoms with Crippen molar-refractivity contribution < 1.29 is 0 Å². The summed E-state index contributed by atoms with van der Waals surface area (Å²) in [5.41, 5.74) is 6.16. The standard InChI is InChI=1S/C13H24N2S/c1-4-15(5-2)11-13(3,10-14)9-12-7-6-8-16-12/h6-8H,4-5,9-11,14H2,1-3H3. The maximum absolute atomic E-state index is 5.96. The third-order valence-corrected chi connectivity index (χ3v) is 4.05. The zero-order valence-corrected chi connectivity index (χ0v) is 11.5. The fourth-order valence-corrected chi connectivity index (χ4v) is 2.93. The molecule has 1 aromatic heterocycles. The van der Waals surface area contributed by atoms with Gasteiger partial charge in [0.2, 0.25) is 0 Å². The third kappa shape index (κ3) is 3.89. The molecule has 16 heavy (non-hydrogen) atoms. The Hall–Kier alpha value is -0.380. The lowest BCUT2D eigenvalue weighted by molar-refractivity contribution is 0.182. The van der Waals surface area contributed by atoms with Crippen LogP contribution in [0.2, 0.25) is 0 Å². The van der Waals surface area contributed by atoms with E-state index in [0.717, 1.165) is 32.6 Å². The predicted octanol–water partition coefficient (Wildman–Crippen LogP) is 2.60. The van der Waals surface area contributed by atoms with Crippen LogP contribution in [0.3, 0.4) is 0 Å². The van der Waals surface area contributed by atoms with Crippen LogP contribution in [0.1, 0.15) is 25.6 Å². The van der Waals surface area contributed by atoms with E-state index in [-0.39, 0.29) is 5.41 Å². The first-order valence-corrected chi connectivity index (χ1v) is 6.96. The minimum absolute atomic E-state index is 0.205. The minimum Gasteiger partial charge on any atom is -0.330 e. The Bertz CT molecular complexity index is 280. The molecule has 1 aromatic rings. The van der Waals surface area contributed by atoms with Gasteiger partial charge in [-0.05, 0) is 42.9 Å². The Kier molecular flexibility index (Phi) is 5.46. The van der Waals surface area contributed by atoms with Gasteiger partial charge in [-0.3, -0.25) is 0 Å². The maximum atomic E-state index is 5.96. The highest BCUT2D eigenvalue weighted by atomic mass is 32.1. The molecule has 1 rings (SSSR count). The molecule has 0 aliphatic heterocycles. The van der Waals surface area contributed by atoms with Gasteiger partial charge < -0.3 is 10.6 Å². The second-order valence-corrected chi connectivity index (χ2v) is 5.76. The first kappa shape index (κ1) is 13.7. The van der Waals surface area contributed by atoms with Crippen LogP contribution in [-0.4, -0.2) is 31.1 Å². The van der Waals surface area contributed by atoms with Gasteiger partial charge >= 0.3 is 0 Å². The summed E-state index contributed by atoms with van der Waals surface area (Å²) in [5.74, 6) is 0. The molecule has 0 aliphatic carbocycles. The van der Waals surface area contributed by atoms with Crippen molar-refractivity contribution in [3.63, 3.8) is 0 Å². The molecule has 1 unspecified atom stereocenters. The first-order valence-electron chi connectivity index (χ1n) is 6.08. The normalized spacial score (nSPS) is 15.3. The van der Waals surface area contributed by atoms with Crippen LogP contribution in [-0.2, 0) is 6.42 Å². The smallest absolute Gasteiger partial charge is 0.00516 e. The van der Waals surface area contributed by atoms with Crippen molar-refractivity contribution in [2.24, 2.45) is 11.1 Å². The monoisotopic (exact) mass is 240 g/mol. The Balaban J connectivity index is 2.62. The average molecular weight is 240 g/mol. The van der Waals surface area contributed by atoms with Gasteiger partial charge in [0.25, 0.3) is 0 Å². The Morgan fingerprint density at radius 2 is 2.06 bits per heavy atom. The molecule has 3 heteroatoms. The van der Waals surface area contributed by atoms with Crippen LogP contribution in [0.25, 0.3) is 0 Å². The van der Waals surface area contributed by atoms with E-state index in [1.54, 1.807) is 0 Å². The SMILES string of the molecule is CCN(CC)CC(C)(CN)Cc1cccs1. The second-order valence-electron chi connectivity index (χ2n) is 4.73. The van der Waals surface area contributed by atoms with E-state index in [9.17, 15) is 0 Å². The van der Waals surface area contributed by atoms with Crippen LogP contribution in [0.15, 0.2) is 17.5 Å². The van der Waals surface area contributed by atoms with Crippen LogP contribution in [0.4, 0.5) is 0 Å². The molecule has 1 atom stereocenters. The molecular weight excluding hydrogens is 216 g/mol. The highest BCUT2D eigenvalue weighted by molar-refractivity contribution is 7.09. The quantitative estimate of drug-likeness (QED) is 0.794. The summed E-state index contributed by atoms with van der Waals surface area (Å²) in [5, 5.41) is 2.14. The van der Waals surface area contributed by atoms with Crippen LogP contribution < -0.4 is 5.73 Å². The Labute approximate surface area is 103 Å². The third-order valence-electron chi connectivity index (χ3n) is 3.17. The van der Waals surface area contributed by atoms with Gasteiger partial charge in [-0.2, -0.15) is 0 Å². The zero-order valence-electron chi connectivity index (χ0n) is 10.7. The maximum Gasteiger partial charge on any atom is 0.00516 e. The number of rotatable bonds is 7. The lowest BCUT2D eigenvalue weighted by Crippen LogP contribution is -2.42. The van der Waals surface area contributed by atoms with Gasteiger partial charge in [-0.25, -0.2) is 0 Å². The van der Waals surface area contributed by atoms with Crippen molar-refractivity contribution in [3.8, 4) is 0 Å². The molecular formula is C13H24N2S. The van der Waals surface area contributed by atoms with Gasteiger partial charge in [-0.15, -0.1) is 11.3 Å². The fourth-order valence-electron chi connectivity index (χ4n) is 2.01. The van der Waals surface area contributed by atoms with E-state index in [4.69, 9.17) is 5.73 Å². The van der Waals surface area contributed by atoms with E-state index >= 15 is 0 Å². The van der Waals surface area contributed by atoms with Crippen molar-refractivity contribution in [2.75, 3.05) is 26.2 Å². The van der Waals surface area contributed by atoms with E-state index < -0.39 is 0 Å². The van der Waals surface area contributed by atoms with Crippen LogP contribution in [0.5, 0.6) is 0 Å². The second kappa shape index (κ2) is 6.38. The molecule has 1 heterocycles. The average Bonchev–Trinajstić information content (AvgIpc) is 2.78. The van der Waals surface area contributed by atoms with Crippen molar-refractivity contribution >= 4 is 11.3 Å². The van der Waals surface area contributed by atoms with Gasteiger partial charge in [0.05, 0.1) is 0 Å². The van der Waals surface area contributed by atoms with E-state index in [2.05, 4.69) is 43.2 Å². The van der Waals surface area contributed by atoms with Crippen LogP contribution >= 0.6 is 11.3 Å². The molecule has 0 aliphatic rings. The summed E-state index contributed by atoms with van der Waals surface area (Å²) >= 11 is 1.83.